The number of aromatic hydroxyl groups is 1. The highest BCUT2D eigenvalue weighted by atomic mass is 35.5. The first kappa shape index (κ1) is 14.2. The molecular weight excluding hydrogens is 278 g/mol. The molecule has 0 aliphatic heterocycles. The van der Waals surface area contributed by atoms with Gasteiger partial charge in [0.2, 0.25) is 0 Å². The maximum Gasteiger partial charge on any atom is 0.340 e. The van der Waals surface area contributed by atoms with Gasteiger partial charge >= 0.3 is 5.97 Å². The van der Waals surface area contributed by atoms with Crippen LogP contribution in [-0.4, -0.2) is 18.2 Å². The van der Waals surface area contributed by atoms with Crippen molar-refractivity contribution >= 4 is 23.3 Å². The van der Waals surface area contributed by atoms with Gasteiger partial charge in [-0.1, -0.05) is 23.7 Å². The van der Waals surface area contributed by atoms with Gasteiger partial charge in [-0.25, -0.2) is 4.79 Å². The molecule has 0 unspecified atom stereocenters. The molecule has 0 bridgehead atoms. The molecule has 0 spiro atoms. The molecule has 0 aliphatic carbocycles. The molecule has 0 aromatic heterocycles. The van der Waals surface area contributed by atoms with Crippen LogP contribution in [0.25, 0.3) is 0 Å². The maximum absolute atomic E-state index is 11.7. The Hall–Kier alpha value is -2.20. The Morgan fingerprint density at radius 3 is 2.80 bits per heavy atom. The standard InChI is InChI=1S/C15H14ClNO3/c1-20-15(19)13-8-11(16)5-6-14(13)17-9-10-3-2-4-12(18)7-10/h2-8,17-18H,9H2,1H3. The summed E-state index contributed by atoms with van der Waals surface area (Å²) < 4.78 is 4.73. The molecule has 0 atom stereocenters. The summed E-state index contributed by atoms with van der Waals surface area (Å²) in [5, 5.41) is 13.0. The largest absolute Gasteiger partial charge is 0.508 e. The van der Waals surface area contributed by atoms with E-state index in [4.69, 9.17) is 16.3 Å². The predicted octanol–water partition coefficient (Wildman–Crippen LogP) is 3.44. The van der Waals surface area contributed by atoms with Crippen molar-refractivity contribution < 1.29 is 14.6 Å². The number of carbonyl (C=O) groups excluding carboxylic acids is 1. The van der Waals surface area contributed by atoms with E-state index >= 15 is 0 Å². The minimum absolute atomic E-state index is 0.202. The molecule has 2 rings (SSSR count). The van der Waals surface area contributed by atoms with Crippen molar-refractivity contribution in [3.05, 3.63) is 58.6 Å². The summed E-state index contributed by atoms with van der Waals surface area (Å²) in [5.74, 6) is -0.250. The lowest BCUT2D eigenvalue weighted by molar-refractivity contribution is 0.0602. The molecule has 5 heteroatoms. The van der Waals surface area contributed by atoms with Gasteiger partial charge in [0.05, 0.1) is 12.7 Å². The molecule has 0 saturated heterocycles. The average molecular weight is 292 g/mol. The number of methoxy groups -OCH3 is 1. The summed E-state index contributed by atoms with van der Waals surface area (Å²) in [5.41, 5.74) is 1.90. The molecule has 0 aliphatic rings. The van der Waals surface area contributed by atoms with Gasteiger partial charge in [0.25, 0.3) is 0 Å². The van der Waals surface area contributed by atoms with E-state index in [-0.39, 0.29) is 5.75 Å². The van der Waals surface area contributed by atoms with E-state index in [0.29, 0.717) is 22.8 Å². The molecule has 4 nitrogen and oxygen atoms in total. The quantitative estimate of drug-likeness (QED) is 0.847. The lowest BCUT2D eigenvalue weighted by Crippen LogP contribution is -2.08. The van der Waals surface area contributed by atoms with Crippen LogP contribution in [0.3, 0.4) is 0 Å². The second kappa shape index (κ2) is 6.30. The van der Waals surface area contributed by atoms with Crippen LogP contribution >= 0.6 is 11.6 Å². The van der Waals surface area contributed by atoms with Gasteiger partial charge in [-0.3, -0.25) is 0 Å². The van der Waals surface area contributed by atoms with Gasteiger partial charge in [0.15, 0.2) is 0 Å². The molecule has 0 radical (unpaired) electrons. The molecule has 2 aromatic rings. The van der Waals surface area contributed by atoms with Crippen molar-refractivity contribution in [2.24, 2.45) is 0 Å². The normalized spacial score (nSPS) is 10.1. The molecule has 0 amide bonds. The van der Waals surface area contributed by atoms with Crippen LogP contribution in [-0.2, 0) is 11.3 Å². The first-order chi connectivity index (χ1) is 9.60. The number of phenols is 1. The molecule has 2 N–H and O–H groups in total. The molecule has 0 heterocycles. The third kappa shape index (κ3) is 3.42. The number of carbonyl (C=O) groups is 1. The Labute approximate surface area is 122 Å². The monoisotopic (exact) mass is 291 g/mol. The summed E-state index contributed by atoms with van der Waals surface area (Å²) in [6.45, 7) is 0.472. The minimum Gasteiger partial charge on any atom is -0.508 e. The van der Waals surface area contributed by atoms with Crippen molar-refractivity contribution in [3.63, 3.8) is 0 Å². The van der Waals surface area contributed by atoms with Crippen molar-refractivity contribution in [2.45, 2.75) is 6.54 Å². The van der Waals surface area contributed by atoms with Crippen molar-refractivity contribution in [3.8, 4) is 5.75 Å². The molecule has 0 saturated carbocycles. The summed E-state index contributed by atoms with van der Waals surface area (Å²) in [7, 11) is 1.32. The van der Waals surface area contributed by atoms with Gasteiger partial charge in [-0.2, -0.15) is 0 Å². The highest BCUT2D eigenvalue weighted by Gasteiger charge is 2.12. The van der Waals surface area contributed by atoms with E-state index in [9.17, 15) is 9.90 Å². The fraction of sp³-hybridized carbons (Fsp3) is 0.133. The Morgan fingerprint density at radius 2 is 2.10 bits per heavy atom. The van der Waals surface area contributed by atoms with Crippen molar-refractivity contribution in [1.29, 1.82) is 0 Å². The van der Waals surface area contributed by atoms with Gasteiger partial charge in [0, 0.05) is 17.3 Å². The molecule has 2 aromatic carbocycles. The molecular formula is C15H14ClNO3. The number of nitrogens with one attached hydrogen (secondary N) is 1. The first-order valence-corrected chi connectivity index (χ1v) is 6.37. The topological polar surface area (TPSA) is 58.6 Å². The third-order valence-corrected chi connectivity index (χ3v) is 3.02. The average Bonchev–Trinajstić information content (AvgIpc) is 2.45. The van der Waals surface area contributed by atoms with Gasteiger partial charge in [-0.05, 0) is 35.9 Å². The number of hydrogen-bond acceptors (Lipinski definition) is 4. The summed E-state index contributed by atoms with van der Waals surface area (Å²) in [6.07, 6.45) is 0. The highest BCUT2D eigenvalue weighted by Crippen LogP contribution is 2.22. The molecule has 0 fully saturated rings. The maximum atomic E-state index is 11.7. The summed E-state index contributed by atoms with van der Waals surface area (Å²) in [4.78, 5) is 11.7. The fourth-order valence-electron chi connectivity index (χ4n) is 1.81. The van der Waals surface area contributed by atoms with Crippen LogP contribution in [0.5, 0.6) is 5.75 Å². The first-order valence-electron chi connectivity index (χ1n) is 6.00. The van der Waals surface area contributed by atoms with Crippen LogP contribution in [0.15, 0.2) is 42.5 Å². The van der Waals surface area contributed by atoms with Crippen LogP contribution in [0.1, 0.15) is 15.9 Å². The lowest BCUT2D eigenvalue weighted by Gasteiger charge is -2.11. The zero-order valence-electron chi connectivity index (χ0n) is 10.9. The number of esters is 1. The Balaban J connectivity index is 2.19. The van der Waals surface area contributed by atoms with E-state index in [1.54, 1.807) is 36.4 Å². The minimum atomic E-state index is -0.453. The number of phenolic OH excluding ortho intramolecular Hbond substituents is 1. The fourth-order valence-corrected chi connectivity index (χ4v) is 1.99. The Bertz CT molecular complexity index is 628. The summed E-state index contributed by atoms with van der Waals surface area (Å²) in [6, 6.07) is 11.9. The Morgan fingerprint density at radius 1 is 1.30 bits per heavy atom. The molecule has 20 heavy (non-hydrogen) atoms. The predicted molar refractivity (Wildman–Crippen MR) is 78.2 cm³/mol. The number of ether oxygens (including phenoxy) is 1. The zero-order valence-corrected chi connectivity index (χ0v) is 11.6. The van der Waals surface area contributed by atoms with E-state index < -0.39 is 5.97 Å². The number of halogens is 1. The lowest BCUT2D eigenvalue weighted by atomic mass is 10.1. The van der Waals surface area contributed by atoms with Gasteiger partial charge in [-0.15, -0.1) is 0 Å². The molecule has 104 valence electrons. The van der Waals surface area contributed by atoms with E-state index in [0.717, 1.165) is 5.56 Å². The van der Waals surface area contributed by atoms with Crippen LogP contribution < -0.4 is 5.32 Å². The number of hydrogen-bond donors (Lipinski definition) is 2. The zero-order chi connectivity index (χ0) is 14.5. The SMILES string of the molecule is COC(=O)c1cc(Cl)ccc1NCc1cccc(O)c1. The highest BCUT2D eigenvalue weighted by molar-refractivity contribution is 6.31. The Kier molecular flexibility index (Phi) is 4.48. The number of anilines is 1. The van der Waals surface area contributed by atoms with E-state index in [2.05, 4.69) is 5.32 Å². The van der Waals surface area contributed by atoms with Crippen molar-refractivity contribution in [1.82, 2.24) is 0 Å². The van der Waals surface area contributed by atoms with E-state index in [1.165, 1.54) is 7.11 Å². The summed E-state index contributed by atoms with van der Waals surface area (Å²) >= 11 is 5.89. The van der Waals surface area contributed by atoms with E-state index in [1.807, 2.05) is 6.07 Å². The third-order valence-electron chi connectivity index (χ3n) is 2.78. The van der Waals surface area contributed by atoms with Gasteiger partial charge < -0.3 is 15.2 Å². The van der Waals surface area contributed by atoms with Gasteiger partial charge in [0.1, 0.15) is 5.75 Å². The van der Waals surface area contributed by atoms with Crippen LogP contribution in [0, 0.1) is 0 Å². The van der Waals surface area contributed by atoms with Crippen molar-refractivity contribution in [2.75, 3.05) is 12.4 Å². The van der Waals surface area contributed by atoms with Crippen LogP contribution in [0.2, 0.25) is 5.02 Å². The second-order valence-corrected chi connectivity index (χ2v) is 4.64. The number of rotatable bonds is 4. The smallest absolute Gasteiger partial charge is 0.340 e. The second-order valence-electron chi connectivity index (χ2n) is 4.20. The van der Waals surface area contributed by atoms with Crippen LogP contribution in [0.4, 0.5) is 5.69 Å². The number of benzene rings is 2.